The van der Waals surface area contributed by atoms with Crippen molar-refractivity contribution in [2.45, 2.75) is 6.04 Å². The van der Waals surface area contributed by atoms with Gasteiger partial charge in [-0.2, -0.15) is 0 Å². The molecule has 27 heavy (non-hydrogen) atoms. The number of nitrogens with zero attached hydrogens (tertiary/aromatic N) is 1. The number of hydrogen-bond donors (Lipinski definition) is 0. The Labute approximate surface area is 155 Å². The van der Waals surface area contributed by atoms with Crippen LogP contribution in [0.1, 0.15) is 10.4 Å². The van der Waals surface area contributed by atoms with Crippen LogP contribution >= 0.6 is 0 Å². The molecule has 6 nitrogen and oxygen atoms in total. The van der Waals surface area contributed by atoms with Crippen LogP contribution in [0.3, 0.4) is 0 Å². The summed E-state index contributed by atoms with van der Waals surface area (Å²) in [6, 6.07) is 12.6. The molecule has 1 aliphatic heterocycles. The van der Waals surface area contributed by atoms with E-state index in [1.165, 1.54) is 23.1 Å². The average molecular weight is 389 g/mol. The van der Waals surface area contributed by atoms with E-state index in [0.717, 1.165) is 17.5 Å². The van der Waals surface area contributed by atoms with Crippen molar-refractivity contribution in [1.29, 1.82) is 0 Å². The fourth-order valence-corrected chi connectivity index (χ4v) is 3.96. The van der Waals surface area contributed by atoms with Crippen molar-refractivity contribution in [1.82, 2.24) is 0 Å². The van der Waals surface area contributed by atoms with E-state index in [-0.39, 0.29) is 11.3 Å². The lowest BCUT2D eigenvalue weighted by atomic mass is 10.2. The van der Waals surface area contributed by atoms with E-state index in [1.54, 1.807) is 30.3 Å². The second-order valence-electron chi connectivity index (χ2n) is 5.91. The summed E-state index contributed by atoms with van der Waals surface area (Å²) in [6.45, 7) is -0.574. The topological polar surface area (TPSA) is 80.8 Å². The summed E-state index contributed by atoms with van der Waals surface area (Å²) in [5.74, 6) is -2.07. The standard InChI is InChI=1S/C19H16FNO5S/c20-15-8-6-14(7-9-15)19(23)26-12-18(22)21(16-4-2-1-3-5-16)17-10-11-27(24,25)13-17/h1-11,17H,12-13H2/t17-/m0/s1. The van der Waals surface area contributed by atoms with Gasteiger partial charge in [0.2, 0.25) is 0 Å². The number of halogens is 1. The van der Waals surface area contributed by atoms with Crippen LogP contribution in [-0.4, -0.2) is 38.7 Å². The molecule has 1 aliphatic rings. The number of carbonyl (C=O) groups is 2. The van der Waals surface area contributed by atoms with Gasteiger partial charge in [0.1, 0.15) is 5.82 Å². The zero-order valence-electron chi connectivity index (χ0n) is 14.1. The van der Waals surface area contributed by atoms with Gasteiger partial charge < -0.3 is 9.64 Å². The number of amides is 1. The summed E-state index contributed by atoms with van der Waals surface area (Å²) < 4.78 is 41.4. The average Bonchev–Trinajstić information content (AvgIpc) is 3.00. The van der Waals surface area contributed by atoms with Crippen molar-refractivity contribution in [3.8, 4) is 0 Å². The molecule has 0 radical (unpaired) electrons. The molecule has 1 heterocycles. The van der Waals surface area contributed by atoms with Gasteiger partial charge in [-0.05, 0) is 42.5 Å². The third-order valence-corrected chi connectivity index (χ3v) is 5.33. The third-order valence-electron chi connectivity index (χ3n) is 3.95. The minimum Gasteiger partial charge on any atom is -0.452 e. The van der Waals surface area contributed by atoms with Crippen LogP contribution in [0.25, 0.3) is 0 Å². The minimum atomic E-state index is -3.38. The Balaban J connectivity index is 1.74. The predicted octanol–water partition coefficient (Wildman–Crippen LogP) is 2.33. The SMILES string of the molecule is O=C(OCC(=O)N(c1ccccc1)[C@H]1C=CS(=O)(=O)C1)c1ccc(F)cc1. The summed E-state index contributed by atoms with van der Waals surface area (Å²) in [5.41, 5.74) is 0.603. The molecular formula is C19H16FNO5S. The molecule has 1 amide bonds. The molecule has 0 N–H and O–H groups in total. The Bertz CT molecular complexity index is 971. The maximum Gasteiger partial charge on any atom is 0.338 e. The lowest BCUT2D eigenvalue weighted by Crippen LogP contribution is -2.43. The van der Waals surface area contributed by atoms with E-state index in [2.05, 4.69) is 0 Å². The highest BCUT2D eigenvalue weighted by Crippen LogP contribution is 2.23. The second-order valence-corrected chi connectivity index (χ2v) is 7.84. The Morgan fingerprint density at radius 2 is 1.74 bits per heavy atom. The maximum absolute atomic E-state index is 12.9. The Hall–Kier alpha value is -3.00. The second kappa shape index (κ2) is 7.71. The molecular weight excluding hydrogens is 373 g/mol. The predicted molar refractivity (Wildman–Crippen MR) is 97.3 cm³/mol. The first-order chi connectivity index (χ1) is 12.9. The number of rotatable bonds is 5. The van der Waals surface area contributed by atoms with Crippen LogP contribution < -0.4 is 4.90 Å². The van der Waals surface area contributed by atoms with Crippen LogP contribution in [0.4, 0.5) is 10.1 Å². The summed E-state index contributed by atoms with van der Waals surface area (Å²) in [4.78, 5) is 26.0. The smallest absolute Gasteiger partial charge is 0.338 e. The number of sulfone groups is 1. The van der Waals surface area contributed by atoms with Crippen LogP contribution in [-0.2, 0) is 19.4 Å². The van der Waals surface area contributed by atoms with Gasteiger partial charge in [-0.25, -0.2) is 17.6 Å². The summed E-state index contributed by atoms with van der Waals surface area (Å²) in [5, 5.41) is 1.07. The number of para-hydroxylation sites is 1. The van der Waals surface area contributed by atoms with Crippen molar-refractivity contribution >= 4 is 27.4 Å². The molecule has 0 bridgehead atoms. The van der Waals surface area contributed by atoms with Gasteiger partial charge >= 0.3 is 5.97 Å². The summed E-state index contributed by atoms with van der Waals surface area (Å²) >= 11 is 0. The highest BCUT2D eigenvalue weighted by Gasteiger charge is 2.31. The lowest BCUT2D eigenvalue weighted by molar-refractivity contribution is -0.121. The molecule has 3 rings (SSSR count). The zero-order chi connectivity index (χ0) is 19.4. The molecule has 0 fully saturated rings. The van der Waals surface area contributed by atoms with E-state index >= 15 is 0 Å². The molecule has 0 spiro atoms. The van der Waals surface area contributed by atoms with Crippen LogP contribution in [0, 0.1) is 5.82 Å². The number of esters is 1. The molecule has 0 aliphatic carbocycles. The minimum absolute atomic E-state index is 0.110. The highest BCUT2D eigenvalue weighted by atomic mass is 32.2. The first kappa shape index (κ1) is 18.8. The van der Waals surface area contributed by atoms with Gasteiger partial charge in [0.15, 0.2) is 16.4 Å². The number of hydrogen-bond acceptors (Lipinski definition) is 5. The van der Waals surface area contributed by atoms with E-state index in [0.29, 0.717) is 5.69 Å². The van der Waals surface area contributed by atoms with Crippen LogP contribution in [0.15, 0.2) is 66.1 Å². The monoisotopic (exact) mass is 389 g/mol. The van der Waals surface area contributed by atoms with Crippen molar-refractivity contribution in [2.75, 3.05) is 17.3 Å². The molecule has 140 valence electrons. The van der Waals surface area contributed by atoms with Crippen LogP contribution in [0.2, 0.25) is 0 Å². The quantitative estimate of drug-likeness (QED) is 0.733. The number of anilines is 1. The van der Waals surface area contributed by atoms with Gasteiger partial charge in [-0.1, -0.05) is 18.2 Å². The van der Waals surface area contributed by atoms with Gasteiger partial charge in [0.05, 0.1) is 17.4 Å². The van der Waals surface area contributed by atoms with Crippen molar-refractivity contribution in [3.05, 3.63) is 77.5 Å². The highest BCUT2D eigenvalue weighted by molar-refractivity contribution is 7.94. The fraction of sp³-hybridized carbons (Fsp3) is 0.158. The third kappa shape index (κ3) is 4.59. The molecule has 2 aromatic rings. The van der Waals surface area contributed by atoms with E-state index in [4.69, 9.17) is 4.74 Å². The Kier molecular flexibility index (Phi) is 5.36. The fourth-order valence-electron chi connectivity index (χ4n) is 2.70. The maximum atomic E-state index is 12.9. The normalized spacial score (nSPS) is 17.4. The van der Waals surface area contributed by atoms with Crippen molar-refractivity contribution < 1.29 is 27.1 Å². The zero-order valence-corrected chi connectivity index (χ0v) is 14.9. The lowest BCUT2D eigenvalue weighted by Gasteiger charge is -2.27. The van der Waals surface area contributed by atoms with Crippen molar-refractivity contribution in [2.24, 2.45) is 0 Å². The first-order valence-electron chi connectivity index (χ1n) is 8.06. The largest absolute Gasteiger partial charge is 0.452 e. The molecule has 0 unspecified atom stereocenters. The first-order valence-corrected chi connectivity index (χ1v) is 9.78. The molecule has 0 saturated carbocycles. The number of carbonyl (C=O) groups excluding carboxylic acids is 2. The molecule has 1 atom stereocenters. The Morgan fingerprint density at radius 3 is 2.33 bits per heavy atom. The van der Waals surface area contributed by atoms with Gasteiger partial charge in [-0.15, -0.1) is 0 Å². The number of ether oxygens (including phenoxy) is 1. The van der Waals surface area contributed by atoms with Gasteiger partial charge in [0.25, 0.3) is 5.91 Å². The van der Waals surface area contributed by atoms with Crippen molar-refractivity contribution in [3.63, 3.8) is 0 Å². The van der Waals surface area contributed by atoms with E-state index in [1.807, 2.05) is 0 Å². The molecule has 8 heteroatoms. The van der Waals surface area contributed by atoms with Gasteiger partial charge in [0, 0.05) is 11.1 Å². The summed E-state index contributed by atoms with van der Waals surface area (Å²) in [6.07, 6.45) is 1.43. The summed E-state index contributed by atoms with van der Waals surface area (Å²) in [7, 11) is -3.38. The number of benzene rings is 2. The van der Waals surface area contributed by atoms with E-state index in [9.17, 15) is 22.4 Å². The molecule has 2 aromatic carbocycles. The van der Waals surface area contributed by atoms with Gasteiger partial charge in [-0.3, -0.25) is 4.79 Å². The molecule has 0 aromatic heterocycles. The Morgan fingerprint density at radius 1 is 1.07 bits per heavy atom. The van der Waals surface area contributed by atoms with Crippen LogP contribution in [0.5, 0.6) is 0 Å². The van der Waals surface area contributed by atoms with E-state index < -0.39 is 40.2 Å². The molecule has 0 saturated heterocycles.